The first-order valence-corrected chi connectivity index (χ1v) is 12.1. The van der Waals surface area contributed by atoms with Gasteiger partial charge in [-0.3, -0.25) is 19.3 Å². The maximum absolute atomic E-state index is 13.4. The highest BCUT2D eigenvalue weighted by molar-refractivity contribution is 8.00. The third-order valence-electron chi connectivity index (χ3n) is 8.05. The van der Waals surface area contributed by atoms with Gasteiger partial charge in [-0.1, -0.05) is 25.2 Å². The summed E-state index contributed by atoms with van der Waals surface area (Å²) in [4.78, 5) is 44.3. The Morgan fingerprint density at radius 1 is 1.13 bits per heavy atom. The van der Waals surface area contributed by atoms with Gasteiger partial charge >= 0.3 is 4.87 Å². The highest BCUT2D eigenvalue weighted by Crippen LogP contribution is 2.69. The molecule has 2 aliphatic heterocycles. The number of carbonyl (C=O) groups excluding carboxylic acids is 2. The van der Waals surface area contributed by atoms with E-state index in [0.29, 0.717) is 5.69 Å². The van der Waals surface area contributed by atoms with Crippen LogP contribution in [0.4, 0.5) is 10.1 Å². The molecule has 4 aliphatic rings. The van der Waals surface area contributed by atoms with Crippen molar-refractivity contribution in [2.45, 2.75) is 42.4 Å². The lowest BCUT2D eigenvalue weighted by molar-refractivity contribution is -0.123. The van der Waals surface area contributed by atoms with Gasteiger partial charge in [-0.2, -0.15) is 0 Å². The first-order valence-electron chi connectivity index (χ1n) is 10.4. The van der Waals surface area contributed by atoms with Crippen molar-refractivity contribution in [1.82, 2.24) is 4.98 Å². The van der Waals surface area contributed by atoms with Crippen LogP contribution in [0.15, 0.2) is 34.1 Å². The van der Waals surface area contributed by atoms with E-state index in [2.05, 4.69) is 18.8 Å². The molecule has 7 atom stereocenters. The van der Waals surface area contributed by atoms with Crippen LogP contribution in [0.25, 0.3) is 0 Å². The standard InChI is InChI=1S/C22H21FN2O3S2/c1-3-22(2)15-11-8-12(16(15)29-18-17(22)30-21(28)24-18)14-13(11)19(26)25(20(14)27)10-6-4-9(23)5-7-10/h4-7,11-16H,3,8H2,1-2H3,(H,24,28)/t11-,12+,13-,14+,15-,16-,22+/m1/s1. The molecule has 1 saturated heterocycles. The van der Waals surface area contributed by atoms with Crippen molar-refractivity contribution in [2.24, 2.45) is 29.6 Å². The molecule has 156 valence electrons. The zero-order chi connectivity index (χ0) is 20.9. The molecule has 5 nitrogen and oxygen atoms in total. The number of hydrogen-bond donors (Lipinski definition) is 1. The van der Waals surface area contributed by atoms with Crippen LogP contribution in [-0.2, 0) is 15.0 Å². The predicted octanol–water partition coefficient (Wildman–Crippen LogP) is 3.79. The molecule has 6 rings (SSSR count). The number of aromatic amines is 1. The molecule has 2 aromatic rings. The van der Waals surface area contributed by atoms with Gasteiger partial charge in [0.05, 0.1) is 22.5 Å². The smallest absolute Gasteiger partial charge is 0.305 e. The number of nitrogens with one attached hydrogen (secondary N) is 1. The molecule has 8 heteroatoms. The van der Waals surface area contributed by atoms with E-state index in [1.165, 1.54) is 40.5 Å². The molecule has 1 N–H and O–H groups in total. The van der Waals surface area contributed by atoms with Gasteiger partial charge in [0.15, 0.2) is 0 Å². The van der Waals surface area contributed by atoms with Crippen molar-refractivity contribution in [1.29, 1.82) is 0 Å². The number of thioether (sulfide) groups is 1. The number of halogens is 1. The van der Waals surface area contributed by atoms with Crippen LogP contribution in [0.2, 0.25) is 0 Å². The topological polar surface area (TPSA) is 70.2 Å². The molecule has 1 aromatic heterocycles. The van der Waals surface area contributed by atoms with E-state index in [0.717, 1.165) is 22.7 Å². The number of thiazole rings is 1. The summed E-state index contributed by atoms with van der Waals surface area (Å²) in [7, 11) is 0. The minimum Gasteiger partial charge on any atom is -0.307 e. The van der Waals surface area contributed by atoms with Crippen molar-refractivity contribution in [2.75, 3.05) is 4.90 Å². The Balaban J connectivity index is 1.43. The lowest BCUT2D eigenvalue weighted by Crippen LogP contribution is -2.49. The number of carbonyl (C=O) groups is 2. The molecule has 2 amide bonds. The number of imide groups is 1. The number of aromatic nitrogens is 1. The molecule has 0 unspecified atom stereocenters. The number of amides is 2. The summed E-state index contributed by atoms with van der Waals surface area (Å²) in [5.41, 5.74) is 0.282. The molecular formula is C22H21FN2O3S2. The number of rotatable bonds is 2. The maximum Gasteiger partial charge on any atom is 0.305 e. The molecule has 1 aromatic carbocycles. The highest BCUT2D eigenvalue weighted by atomic mass is 32.2. The van der Waals surface area contributed by atoms with E-state index in [1.54, 1.807) is 11.8 Å². The summed E-state index contributed by atoms with van der Waals surface area (Å²) in [6, 6.07) is 5.59. The van der Waals surface area contributed by atoms with Crippen molar-refractivity contribution < 1.29 is 14.0 Å². The van der Waals surface area contributed by atoms with Gasteiger partial charge in [0.2, 0.25) is 11.8 Å². The van der Waals surface area contributed by atoms with Crippen LogP contribution in [-0.4, -0.2) is 22.0 Å². The monoisotopic (exact) mass is 444 g/mol. The Hall–Kier alpha value is -1.93. The first kappa shape index (κ1) is 18.8. The Morgan fingerprint density at radius 3 is 2.47 bits per heavy atom. The molecule has 2 saturated carbocycles. The lowest BCUT2D eigenvalue weighted by Gasteiger charge is -2.48. The van der Waals surface area contributed by atoms with Gasteiger partial charge in [-0.05, 0) is 54.9 Å². The van der Waals surface area contributed by atoms with Gasteiger partial charge in [0.25, 0.3) is 0 Å². The third-order valence-corrected chi connectivity index (χ3v) is 10.8. The number of hydrogen-bond acceptors (Lipinski definition) is 5. The van der Waals surface area contributed by atoms with Gasteiger partial charge in [0, 0.05) is 15.5 Å². The fourth-order valence-electron chi connectivity index (χ4n) is 6.74. The average molecular weight is 445 g/mol. The fourth-order valence-corrected chi connectivity index (χ4v) is 9.93. The first-order chi connectivity index (χ1) is 14.3. The van der Waals surface area contributed by atoms with Gasteiger partial charge in [-0.25, -0.2) is 4.39 Å². The van der Waals surface area contributed by atoms with E-state index in [4.69, 9.17) is 0 Å². The van der Waals surface area contributed by atoms with Gasteiger partial charge in [-0.15, -0.1) is 11.8 Å². The summed E-state index contributed by atoms with van der Waals surface area (Å²) >= 11 is 3.00. The Bertz CT molecular complexity index is 1140. The second-order valence-electron chi connectivity index (χ2n) is 9.16. The van der Waals surface area contributed by atoms with E-state index in [-0.39, 0.29) is 62.8 Å². The molecular weight excluding hydrogens is 423 g/mol. The largest absolute Gasteiger partial charge is 0.307 e. The second kappa shape index (κ2) is 6.07. The molecule has 3 fully saturated rings. The molecule has 3 heterocycles. The molecule has 2 aliphatic carbocycles. The summed E-state index contributed by atoms with van der Waals surface area (Å²) in [6.45, 7) is 4.37. The zero-order valence-corrected chi connectivity index (χ0v) is 18.2. The van der Waals surface area contributed by atoms with Crippen LogP contribution in [0.5, 0.6) is 0 Å². The van der Waals surface area contributed by atoms with Crippen LogP contribution < -0.4 is 9.77 Å². The van der Waals surface area contributed by atoms with Gasteiger partial charge in [0.1, 0.15) is 5.82 Å². The summed E-state index contributed by atoms with van der Waals surface area (Å²) in [5.74, 6) is -0.770. The number of fused-ring (bicyclic) bond motifs is 9. The quantitative estimate of drug-likeness (QED) is 0.716. The molecule has 0 radical (unpaired) electrons. The maximum atomic E-state index is 13.4. The zero-order valence-electron chi connectivity index (χ0n) is 16.6. The van der Waals surface area contributed by atoms with Crippen LogP contribution >= 0.6 is 23.1 Å². The van der Waals surface area contributed by atoms with E-state index in [1.807, 2.05) is 0 Å². The minimum absolute atomic E-state index is 0.0330. The van der Waals surface area contributed by atoms with Crippen LogP contribution in [0, 0.1) is 35.4 Å². The van der Waals surface area contributed by atoms with Crippen LogP contribution in [0.1, 0.15) is 31.6 Å². The molecule has 0 spiro atoms. The van der Waals surface area contributed by atoms with E-state index >= 15 is 0 Å². The average Bonchev–Trinajstić information content (AvgIpc) is 3.44. The third kappa shape index (κ3) is 2.16. The number of benzene rings is 1. The van der Waals surface area contributed by atoms with Gasteiger partial charge < -0.3 is 4.98 Å². The number of H-pyrrole nitrogens is 1. The predicted molar refractivity (Wildman–Crippen MR) is 113 cm³/mol. The SMILES string of the molecule is CC[C@]1(C)c2sc(=O)[nH]c2S[C@@H]2[C@H]3C[C@H]([C@H]4C(=O)N(c5ccc(F)cc5)C(=O)[C@@H]34)[C@H]21. The Morgan fingerprint density at radius 2 is 1.80 bits per heavy atom. The second-order valence-corrected chi connectivity index (χ2v) is 11.3. The highest BCUT2D eigenvalue weighted by Gasteiger charge is 2.71. The Kier molecular flexibility index (Phi) is 3.80. The van der Waals surface area contributed by atoms with Crippen LogP contribution in [0.3, 0.4) is 0 Å². The molecule has 2 bridgehead atoms. The lowest BCUT2D eigenvalue weighted by atomic mass is 9.62. The summed E-state index contributed by atoms with van der Waals surface area (Å²) in [5, 5.41) is 1.18. The summed E-state index contributed by atoms with van der Waals surface area (Å²) < 4.78 is 13.4. The fraction of sp³-hybridized carbons (Fsp3) is 0.500. The van der Waals surface area contributed by atoms with E-state index < -0.39 is 0 Å². The number of nitrogens with zero attached hydrogens (tertiary/aromatic N) is 1. The van der Waals surface area contributed by atoms with Crippen molar-refractivity contribution >= 4 is 40.6 Å². The van der Waals surface area contributed by atoms with E-state index in [9.17, 15) is 18.8 Å². The van der Waals surface area contributed by atoms with Crippen molar-refractivity contribution in [3.63, 3.8) is 0 Å². The Labute approximate surface area is 181 Å². The minimum atomic E-state index is -0.389. The van der Waals surface area contributed by atoms with Crippen molar-refractivity contribution in [3.05, 3.63) is 44.6 Å². The molecule has 30 heavy (non-hydrogen) atoms. The summed E-state index contributed by atoms with van der Waals surface area (Å²) in [6.07, 6.45) is 1.78. The normalized spacial score (nSPS) is 38.7. The van der Waals surface area contributed by atoms with Crippen molar-refractivity contribution in [3.8, 4) is 0 Å². The number of anilines is 1.